The van der Waals surface area contributed by atoms with Crippen LogP contribution in [0.25, 0.3) is 0 Å². The lowest BCUT2D eigenvalue weighted by atomic mass is 10.1. The molecule has 0 spiro atoms. The van der Waals surface area contributed by atoms with Crippen LogP contribution in [0.3, 0.4) is 0 Å². The first-order valence-electron chi connectivity index (χ1n) is 7.41. The Morgan fingerprint density at radius 2 is 1.95 bits per heavy atom. The summed E-state index contributed by atoms with van der Waals surface area (Å²) in [7, 11) is -0.529. The number of aryl methyl sites for hydroxylation is 1. The van der Waals surface area contributed by atoms with E-state index >= 15 is 0 Å². The highest BCUT2D eigenvalue weighted by molar-refractivity contribution is 7.89. The minimum atomic E-state index is -3.55. The summed E-state index contributed by atoms with van der Waals surface area (Å²) in [6, 6.07) is 3.18. The zero-order valence-electron chi connectivity index (χ0n) is 13.3. The molecule has 22 heavy (non-hydrogen) atoms. The normalized spacial score (nSPS) is 18.4. The van der Waals surface area contributed by atoms with Crippen molar-refractivity contribution in [1.82, 2.24) is 10.0 Å². The molecule has 6 nitrogen and oxygen atoms in total. The topological polar surface area (TPSA) is 76.7 Å². The van der Waals surface area contributed by atoms with E-state index in [9.17, 15) is 8.42 Å². The number of ether oxygens (including phenoxy) is 2. The molecule has 0 bridgehead atoms. The second kappa shape index (κ2) is 7.30. The Hall–Kier alpha value is -1.31. The van der Waals surface area contributed by atoms with Crippen LogP contribution in [0.1, 0.15) is 18.4 Å². The van der Waals surface area contributed by atoms with Crippen molar-refractivity contribution in [3.05, 3.63) is 17.7 Å². The lowest BCUT2D eigenvalue weighted by molar-refractivity contribution is 0.353. The highest BCUT2D eigenvalue weighted by Gasteiger charge is 2.21. The fraction of sp³-hybridized carbons (Fsp3) is 0.600. The molecule has 1 saturated heterocycles. The van der Waals surface area contributed by atoms with E-state index < -0.39 is 10.0 Å². The van der Waals surface area contributed by atoms with Gasteiger partial charge in [0.25, 0.3) is 0 Å². The average molecular weight is 328 g/mol. The zero-order valence-corrected chi connectivity index (χ0v) is 14.1. The molecule has 1 heterocycles. The van der Waals surface area contributed by atoms with Crippen LogP contribution in [0.15, 0.2) is 17.0 Å². The number of benzene rings is 1. The number of nitrogens with one attached hydrogen (secondary N) is 2. The van der Waals surface area contributed by atoms with E-state index in [0.717, 1.165) is 25.9 Å². The molecule has 2 N–H and O–H groups in total. The van der Waals surface area contributed by atoms with Crippen LogP contribution in [-0.4, -0.2) is 42.3 Å². The molecule has 1 unspecified atom stereocenters. The van der Waals surface area contributed by atoms with E-state index in [-0.39, 0.29) is 4.90 Å². The van der Waals surface area contributed by atoms with E-state index in [1.165, 1.54) is 20.3 Å². The van der Waals surface area contributed by atoms with Crippen LogP contribution in [0.4, 0.5) is 0 Å². The lowest BCUT2D eigenvalue weighted by Gasteiger charge is -2.14. The Bertz CT molecular complexity index is 610. The van der Waals surface area contributed by atoms with Crippen molar-refractivity contribution in [3.8, 4) is 11.5 Å². The minimum Gasteiger partial charge on any atom is -0.493 e. The maximum Gasteiger partial charge on any atom is 0.240 e. The van der Waals surface area contributed by atoms with Gasteiger partial charge in [-0.3, -0.25) is 0 Å². The molecule has 1 aromatic carbocycles. The van der Waals surface area contributed by atoms with E-state index in [2.05, 4.69) is 10.0 Å². The fourth-order valence-corrected chi connectivity index (χ4v) is 3.97. The molecule has 7 heteroatoms. The standard InChI is InChI=1S/C15H24N2O4S/c1-11-8-13(20-2)14(21-3)9-15(11)22(18,19)17-7-5-12-4-6-16-10-12/h8-9,12,16-17H,4-7,10H2,1-3H3. The molecule has 0 radical (unpaired) electrons. The molecule has 1 aromatic rings. The smallest absolute Gasteiger partial charge is 0.240 e. The predicted molar refractivity (Wildman–Crippen MR) is 85.1 cm³/mol. The second-order valence-electron chi connectivity index (χ2n) is 5.52. The monoisotopic (exact) mass is 328 g/mol. The largest absolute Gasteiger partial charge is 0.493 e. The van der Waals surface area contributed by atoms with Gasteiger partial charge < -0.3 is 14.8 Å². The maximum atomic E-state index is 12.5. The summed E-state index contributed by atoms with van der Waals surface area (Å²) in [5, 5.41) is 3.28. The van der Waals surface area contributed by atoms with Gasteiger partial charge in [-0.15, -0.1) is 0 Å². The van der Waals surface area contributed by atoms with Crippen molar-refractivity contribution >= 4 is 10.0 Å². The van der Waals surface area contributed by atoms with E-state index in [1.54, 1.807) is 13.0 Å². The molecular formula is C15H24N2O4S. The van der Waals surface area contributed by atoms with Gasteiger partial charge in [-0.25, -0.2) is 13.1 Å². The van der Waals surface area contributed by atoms with Crippen LogP contribution < -0.4 is 19.5 Å². The first-order valence-corrected chi connectivity index (χ1v) is 8.89. The Morgan fingerprint density at radius 3 is 2.55 bits per heavy atom. The quantitative estimate of drug-likeness (QED) is 0.789. The molecule has 0 aliphatic carbocycles. The molecular weight excluding hydrogens is 304 g/mol. The lowest BCUT2D eigenvalue weighted by Crippen LogP contribution is -2.27. The van der Waals surface area contributed by atoms with Gasteiger partial charge in [0, 0.05) is 12.6 Å². The Labute approximate surface area is 132 Å². The Kier molecular flexibility index (Phi) is 5.66. The predicted octanol–water partition coefficient (Wildman–Crippen LogP) is 1.29. The summed E-state index contributed by atoms with van der Waals surface area (Å²) in [6.45, 7) is 4.18. The number of hydrogen-bond acceptors (Lipinski definition) is 5. The second-order valence-corrected chi connectivity index (χ2v) is 7.25. The van der Waals surface area contributed by atoms with Gasteiger partial charge in [0.15, 0.2) is 11.5 Å². The van der Waals surface area contributed by atoms with Crippen molar-refractivity contribution in [2.75, 3.05) is 33.9 Å². The third-order valence-electron chi connectivity index (χ3n) is 3.98. The van der Waals surface area contributed by atoms with E-state index in [4.69, 9.17) is 9.47 Å². The van der Waals surface area contributed by atoms with Crippen LogP contribution in [0.5, 0.6) is 11.5 Å². The molecule has 0 amide bonds. The fourth-order valence-electron chi connectivity index (χ4n) is 2.69. The summed E-state index contributed by atoms with van der Waals surface area (Å²) >= 11 is 0. The molecule has 2 rings (SSSR count). The maximum absolute atomic E-state index is 12.5. The Balaban J connectivity index is 2.10. The van der Waals surface area contributed by atoms with Crippen molar-refractivity contribution < 1.29 is 17.9 Å². The van der Waals surface area contributed by atoms with E-state index in [1.807, 2.05) is 0 Å². The molecule has 1 fully saturated rings. The summed E-state index contributed by atoms with van der Waals surface area (Å²) in [5.74, 6) is 1.48. The van der Waals surface area contributed by atoms with Gasteiger partial charge in [0.1, 0.15) is 0 Å². The van der Waals surface area contributed by atoms with Gasteiger partial charge in [-0.2, -0.15) is 0 Å². The highest BCUT2D eigenvalue weighted by atomic mass is 32.2. The van der Waals surface area contributed by atoms with Gasteiger partial charge in [-0.05, 0) is 50.4 Å². The average Bonchev–Trinajstić information content (AvgIpc) is 2.99. The Morgan fingerprint density at radius 1 is 1.27 bits per heavy atom. The summed E-state index contributed by atoms with van der Waals surface area (Å²) in [4.78, 5) is 0.231. The SMILES string of the molecule is COc1cc(C)c(S(=O)(=O)NCCC2CCNC2)cc1OC. The molecule has 1 aliphatic heterocycles. The molecule has 1 atom stereocenters. The van der Waals surface area contributed by atoms with Gasteiger partial charge in [0.2, 0.25) is 10.0 Å². The summed E-state index contributed by atoms with van der Waals surface area (Å²) in [6.07, 6.45) is 1.95. The first kappa shape index (κ1) is 17.1. The molecule has 124 valence electrons. The van der Waals surface area contributed by atoms with Crippen molar-refractivity contribution in [2.45, 2.75) is 24.7 Å². The third-order valence-corrected chi connectivity index (χ3v) is 5.58. The molecule has 0 saturated carbocycles. The highest BCUT2D eigenvalue weighted by Crippen LogP contribution is 2.32. The number of sulfonamides is 1. The van der Waals surface area contributed by atoms with Gasteiger partial charge in [-0.1, -0.05) is 0 Å². The first-order chi connectivity index (χ1) is 10.5. The number of hydrogen-bond donors (Lipinski definition) is 2. The third kappa shape index (κ3) is 3.91. The molecule has 0 aromatic heterocycles. The molecule has 1 aliphatic rings. The zero-order chi connectivity index (χ0) is 16.2. The van der Waals surface area contributed by atoms with Crippen LogP contribution in [0.2, 0.25) is 0 Å². The number of rotatable bonds is 7. The van der Waals surface area contributed by atoms with Crippen LogP contribution >= 0.6 is 0 Å². The van der Waals surface area contributed by atoms with Crippen molar-refractivity contribution in [1.29, 1.82) is 0 Å². The van der Waals surface area contributed by atoms with Crippen molar-refractivity contribution in [3.63, 3.8) is 0 Å². The van der Waals surface area contributed by atoms with Crippen LogP contribution in [0, 0.1) is 12.8 Å². The van der Waals surface area contributed by atoms with Crippen LogP contribution in [-0.2, 0) is 10.0 Å². The van der Waals surface area contributed by atoms with Crippen molar-refractivity contribution in [2.24, 2.45) is 5.92 Å². The number of methoxy groups -OCH3 is 2. The van der Waals surface area contributed by atoms with Gasteiger partial charge >= 0.3 is 0 Å². The minimum absolute atomic E-state index is 0.231. The van der Waals surface area contributed by atoms with E-state index in [0.29, 0.717) is 29.5 Å². The summed E-state index contributed by atoms with van der Waals surface area (Å²) in [5.41, 5.74) is 0.632. The van der Waals surface area contributed by atoms with Gasteiger partial charge in [0.05, 0.1) is 19.1 Å². The summed E-state index contributed by atoms with van der Waals surface area (Å²) < 4.78 is 38.0.